The number of ether oxygens (including phenoxy) is 1. The first-order chi connectivity index (χ1) is 9.50. The predicted octanol–water partition coefficient (Wildman–Crippen LogP) is 4.07. The number of hydrogen-bond donors (Lipinski definition) is 0. The van der Waals surface area contributed by atoms with Crippen molar-refractivity contribution in [1.29, 1.82) is 0 Å². The molecule has 0 saturated heterocycles. The molecule has 1 saturated carbocycles. The van der Waals surface area contributed by atoms with Crippen molar-refractivity contribution in [3.05, 3.63) is 29.6 Å². The second-order valence-corrected chi connectivity index (χ2v) is 6.54. The van der Waals surface area contributed by atoms with E-state index in [2.05, 4.69) is 43.5 Å². The van der Waals surface area contributed by atoms with Gasteiger partial charge in [-0.15, -0.1) is 11.6 Å². The van der Waals surface area contributed by atoms with Crippen LogP contribution in [0.1, 0.15) is 37.7 Å². The molecule has 1 aromatic carbocycles. The normalized spacial score (nSPS) is 24.9. The van der Waals surface area contributed by atoms with E-state index in [1.54, 1.807) is 7.11 Å². The Kier molecular flexibility index (Phi) is 3.30. The van der Waals surface area contributed by atoms with Crippen LogP contribution in [0, 0.1) is 12.3 Å². The minimum atomic E-state index is 0.103. The smallest absolute Gasteiger partial charge is 0.125 e. The van der Waals surface area contributed by atoms with E-state index >= 15 is 0 Å². The number of imidazole rings is 1. The Morgan fingerprint density at radius 3 is 2.80 bits per heavy atom. The number of hydrogen-bond acceptors (Lipinski definition) is 2. The maximum atomic E-state index is 6.13. The Hall–Kier alpha value is -1.06. The fourth-order valence-electron chi connectivity index (χ4n) is 3.50. The molecule has 0 N–H and O–H groups in total. The molecule has 1 fully saturated rings. The second kappa shape index (κ2) is 4.74. The highest BCUT2D eigenvalue weighted by molar-refractivity contribution is 6.16. The number of para-hydroxylation sites is 1. The molecule has 1 aromatic heterocycles. The van der Waals surface area contributed by atoms with Crippen molar-refractivity contribution in [1.82, 2.24) is 9.55 Å². The molecule has 3 nitrogen and oxygen atoms in total. The molecule has 2 atom stereocenters. The standard InChI is InChI=1S/C16H21ClN2O/c1-10-6-5-7-11-15(10)19(14(9-17)18-11)12-8-13(20-4)16(12,2)3/h5-7,12-13H,8-9H2,1-4H3. The molecule has 0 aliphatic heterocycles. The highest BCUT2D eigenvalue weighted by Gasteiger charge is 2.50. The van der Waals surface area contributed by atoms with Crippen molar-refractivity contribution in [2.24, 2.45) is 5.41 Å². The van der Waals surface area contributed by atoms with Gasteiger partial charge in [-0.2, -0.15) is 0 Å². The van der Waals surface area contributed by atoms with Gasteiger partial charge < -0.3 is 9.30 Å². The van der Waals surface area contributed by atoms with E-state index in [9.17, 15) is 0 Å². The monoisotopic (exact) mass is 292 g/mol. The van der Waals surface area contributed by atoms with Gasteiger partial charge in [0.1, 0.15) is 5.82 Å². The zero-order valence-electron chi connectivity index (χ0n) is 12.5. The Bertz CT molecular complexity index is 647. The molecule has 3 rings (SSSR count). The van der Waals surface area contributed by atoms with Gasteiger partial charge in [-0.05, 0) is 25.0 Å². The number of methoxy groups -OCH3 is 1. The van der Waals surface area contributed by atoms with E-state index in [-0.39, 0.29) is 5.41 Å². The number of benzene rings is 1. The summed E-state index contributed by atoms with van der Waals surface area (Å²) in [5, 5.41) is 0. The maximum Gasteiger partial charge on any atom is 0.125 e. The van der Waals surface area contributed by atoms with Crippen molar-refractivity contribution in [3.8, 4) is 0 Å². The molecule has 2 unspecified atom stereocenters. The Morgan fingerprint density at radius 2 is 2.20 bits per heavy atom. The van der Waals surface area contributed by atoms with Crippen LogP contribution in [0.4, 0.5) is 0 Å². The number of aryl methyl sites for hydroxylation is 1. The van der Waals surface area contributed by atoms with Crippen LogP contribution in [0.5, 0.6) is 0 Å². The summed E-state index contributed by atoms with van der Waals surface area (Å²) in [5.74, 6) is 1.40. The lowest BCUT2D eigenvalue weighted by Gasteiger charge is -2.52. The average molecular weight is 293 g/mol. The van der Waals surface area contributed by atoms with E-state index < -0.39 is 0 Å². The first-order valence-corrected chi connectivity index (χ1v) is 7.59. The summed E-state index contributed by atoms with van der Waals surface area (Å²) in [6.45, 7) is 6.66. The summed E-state index contributed by atoms with van der Waals surface area (Å²) >= 11 is 6.13. The lowest BCUT2D eigenvalue weighted by molar-refractivity contribution is -0.112. The van der Waals surface area contributed by atoms with Crippen molar-refractivity contribution >= 4 is 22.6 Å². The minimum Gasteiger partial charge on any atom is -0.381 e. The summed E-state index contributed by atoms with van der Waals surface area (Å²) in [6, 6.07) is 6.65. The van der Waals surface area contributed by atoms with Crippen LogP contribution < -0.4 is 0 Å². The highest BCUT2D eigenvalue weighted by Crippen LogP contribution is 2.52. The number of rotatable bonds is 3. The summed E-state index contributed by atoms with van der Waals surface area (Å²) < 4.78 is 7.92. The van der Waals surface area contributed by atoms with E-state index in [1.807, 2.05) is 0 Å². The summed E-state index contributed by atoms with van der Waals surface area (Å²) in [5.41, 5.74) is 3.61. The van der Waals surface area contributed by atoms with Gasteiger partial charge in [0.15, 0.2) is 0 Å². The molecule has 108 valence electrons. The molecule has 0 amide bonds. The van der Waals surface area contributed by atoms with Crippen molar-refractivity contribution < 1.29 is 4.74 Å². The minimum absolute atomic E-state index is 0.103. The third-order valence-corrected chi connectivity index (χ3v) is 5.07. The van der Waals surface area contributed by atoms with Gasteiger partial charge in [-0.3, -0.25) is 0 Å². The summed E-state index contributed by atoms with van der Waals surface area (Å²) in [4.78, 5) is 4.70. The van der Waals surface area contributed by atoms with Gasteiger partial charge in [-0.25, -0.2) is 4.98 Å². The third-order valence-electron chi connectivity index (χ3n) is 4.83. The van der Waals surface area contributed by atoms with Crippen LogP contribution in [0.2, 0.25) is 0 Å². The van der Waals surface area contributed by atoms with Crippen LogP contribution in [-0.4, -0.2) is 22.8 Å². The van der Waals surface area contributed by atoms with Crippen LogP contribution in [-0.2, 0) is 10.6 Å². The molecule has 1 aliphatic carbocycles. The number of fused-ring (bicyclic) bond motifs is 1. The largest absolute Gasteiger partial charge is 0.381 e. The summed E-state index contributed by atoms with van der Waals surface area (Å²) in [7, 11) is 1.79. The van der Waals surface area contributed by atoms with Crippen LogP contribution in [0.15, 0.2) is 18.2 Å². The van der Waals surface area contributed by atoms with Crippen molar-refractivity contribution in [3.63, 3.8) is 0 Å². The molecule has 4 heteroatoms. The topological polar surface area (TPSA) is 27.1 Å². The zero-order valence-corrected chi connectivity index (χ0v) is 13.2. The molecule has 0 radical (unpaired) electrons. The SMILES string of the molecule is COC1CC(n2c(CCl)nc3cccc(C)c32)C1(C)C. The lowest BCUT2D eigenvalue weighted by atomic mass is 9.64. The predicted molar refractivity (Wildman–Crippen MR) is 82.3 cm³/mol. The van der Waals surface area contributed by atoms with Gasteiger partial charge in [0.2, 0.25) is 0 Å². The van der Waals surface area contributed by atoms with Crippen LogP contribution in [0.25, 0.3) is 11.0 Å². The molecule has 1 aliphatic rings. The Morgan fingerprint density at radius 1 is 1.45 bits per heavy atom. The van der Waals surface area contributed by atoms with Gasteiger partial charge in [0, 0.05) is 18.6 Å². The average Bonchev–Trinajstić information content (AvgIpc) is 2.78. The quantitative estimate of drug-likeness (QED) is 0.797. The fraction of sp³-hybridized carbons (Fsp3) is 0.562. The van der Waals surface area contributed by atoms with E-state index in [4.69, 9.17) is 21.3 Å². The van der Waals surface area contributed by atoms with E-state index in [1.165, 1.54) is 11.1 Å². The van der Waals surface area contributed by atoms with E-state index in [0.717, 1.165) is 17.8 Å². The molecular formula is C16H21ClN2O. The molecule has 2 aromatic rings. The number of halogens is 1. The zero-order chi connectivity index (χ0) is 14.5. The number of aromatic nitrogens is 2. The lowest BCUT2D eigenvalue weighted by Crippen LogP contribution is -2.51. The highest BCUT2D eigenvalue weighted by atomic mass is 35.5. The molecule has 0 bridgehead atoms. The first kappa shape index (κ1) is 13.9. The van der Waals surface area contributed by atoms with Crippen molar-refractivity contribution in [2.75, 3.05) is 7.11 Å². The number of alkyl halides is 1. The van der Waals surface area contributed by atoms with Gasteiger partial charge in [0.25, 0.3) is 0 Å². The van der Waals surface area contributed by atoms with Crippen molar-refractivity contribution in [2.45, 2.75) is 45.2 Å². The molecule has 1 heterocycles. The van der Waals surface area contributed by atoms with Crippen LogP contribution >= 0.6 is 11.6 Å². The number of nitrogens with zero attached hydrogens (tertiary/aromatic N) is 2. The fourth-order valence-corrected chi connectivity index (χ4v) is 3.69. The Labute approximate surface area is 124 Å². The molecule has 0 spiro atoms. The van der Waals surface area contributed by atoms with Gasteiger partial charge >= 0.3 is 0 Å². The third kappa shape index (κ3) is 1.80. The second-order valence-electron chi connectivity index (χ2n) is 6.27. The molecular weight excluding hydrogens is 272 g/mol. The van der Waals surface area contributed by atoms with Crippen LogP contribution in [0.3, 0.4) is 0 Å². The first-order valence-electron chi connectivity index (χ1n) is 7.06. The maximum absolute atomic E-state index is 6.13. The van der Waals surface area contributed by atoms with Gasteiger partial charge in [0.05, 0.1) is 23.0 Å². The Balaban J connectivity index is 2.16. The van der Waals surface area contributed by atoms with E-state index in [0.29, 0.717) is 18.0 Å². The van der Waals surface area contributed by atoms with Gasteiger partial charge in [-0.1, -0.05) is 26.0 Å². The summed E-state index contributed by atoms with van der Waals surface area (Å²) in [6.07, 6.45) is 1.32. The molecule has 20 heavy (non-hydrogen) atoms.